The fourth-order valence-corrected chi connectivity index (χ4v) is 3.37. The molecule has 0 bridgehead atoms. The molecule has 0 aliphatic carbocycles. The van der Waals surface area contributed by atoms with Gasteiger partial charge in [0.1, 0.15) is 17.8 Å². The number of hydrogen-bond donors (Lipinski definition) is 1. The molecule has 0 saturated carbocycles. The molecule has 5 nitrogen and oxygen atoms in total. The van der Waals surface area contributed by atoms with E-state index in [0.29, 0.717) is 11.7 Å². The van der Waals surface area contributed by atoms with E-state index < -0.39 is 0 Å². The predicted octanol–water partition coefficient (Wildman–Crippen LogP) is 4.06. The van der Waals surface area contributed by atoms with Crippen LogP contribution in [0.25, 0.3) is 0 Å². The quantitative estimate of drug-likeness (QED) is 0.893. The highest BCUT2D eigenvalue weighted by Crippen LogP contribution is 2.25. The monoisotopic (exact) mass is 338 g/mol. The summed E-state index contributed by atoms with van der Waals surface area (Å²) in [6, 6.07) is 10.2. The molecule has 3 rings (SSSR count). The molecule has 0 radical (unpaired) electrons. The van der Waals surface area contributed by atoms with E-state index >= 15 is 0 Å². The molecule has 1 aliphatic rings. The Kier molecular flexibility index (Phi) is 5.64. The average molecular weight is 338 g/mol. The van der Waals surface area contributed by atoms with Crippen molar-refractivity contribution < 1.29 is 4.79 Å². The standard InChI is InChI=1S/C20H26N4O/c1-3-15-8-10-16(11-9-15)23-20(25)18-13-19(22-14-21-18)24-12-6-5-7-17(24)4-2/h8-11,13-14,17H,3-7,12H2,1-2H3,(H,23,25). The van der Waals surface area contributed by atoms with Gasteiger partial charge in [-0.2, -0.15) is 0 Å². The summed E-state index contributed by atoms with van der Waals surface area (Å²) in [5.74, 6) is 0.658. The first kappa shape index (κ1) is 17.4. The molecule has 1 atom stereocenters. The van der Waals surface area contributed by atoms with Crippen LogP contribution in [0.1, 0.15) is 55.6 Å². The number of aromatic nitrogens is 2. The maximum Gasteiger partial charge on any atom is 0.274 e. The third kappa shape index (κ3) is 4.16. The lowest BCUT2D eigenvalue weighted by Crippen LogP contribution is -2.39. The molecular formula is C20H26N4O. The second kappa shape index (κ2) is 8.10. The molecule has 1 aromatic carbocycles. The molecular weight excluding hydrogens is 312 g/mol. The summed E-state index contributed by atoms with van der Waals surface area (Å²) in [6.45, 7) is 5.31. The van der Waals surface area contributed by atoms with Crippen molar-refractivity contribution >= 4 is 17.4 Å². The topological polar surface area (TPSA) is 58.1 Å². The van der Waals surface area contributed by atoms with Gasteiger partial charge in [0, 0.05) is 24.3 Å². The van der Waals surface area contributed by atoms with Gasteiger partial charge >= 0.3 is 0 Å². The van der Waals surface area contributed by atoms with E-state index in [0.717, 1.165) is 30.9 Å². The molecule has 25 heavy (non-hydrogen) atoms. The Bertz CT molecular complexity index is 714. The SMILES string of the molecule is CCc1ccc(NC(=O)c2cc(N3CCCCC3CC)ncn2)cc1. The molecule has 1 amide bonds. The molecule has 1 saturated heterocycles. The lowest BCUT2D eigenvalue weighted by atomic mass is 10.00. The van der Waals surface area contributed by atoms with Crippen LogP contribution in [-0.2, 0) is 6.42 Å². The van der Waals surface area contributed by atoms with Gasteiger partial charge in [0.2, 0.25) is 0 Å². The van der Waals surface area contributed by atoms with Crippen LogP contribution >= 0.6 is 0 Å². The highest BCUT2D eigenvalue weighted by molar-refractivity contribution is 6.03. The van der Waals surface area contributed by atoms with Gasteiger partial charge in [-0.1, -0.05) is 26.0 Å². The number of nitrogens with one attached hydrogen (secondary N) is 1. The summed E-state index contributed by atoms with van der Waals surface area (Å²) in [6.07, 6.45) is 7.19. The van der Waals surface area contributed by atoms with E-state index in [1.165, 1.54) is 31.2 Å². The van der Waals surface area contributed by atoms with Gasteiger partial charge < -0.3 is 10.2 Å². The van der Waals surface area contributed by atoms with Crippen molar-refractivity contribution in [1.29, 1.82) is 0 Å². The van der Waals surface area contributed by atoms with E-state index in [1.807, 2.05) is 30.3 Å². The van der Waals surface area contributed by atoms with Crippen LogP contribution in [0.15, 0.2) is 36.7 Å². The number of anilines is 2. The molecule has 1 N–H and O–H groups in total. The molecule has 1 unspecified atom stereocenters. The van der Waals surface area contributed by atoms with E-state index in [2.05, 4.69) is 34.0 Å². The van der Waals surface area contributed by atoms with Gasteiger partial charge in [0.25, 0.3) is 5.91 Å². The number of rotatable bonds is 5. The summed E-state index contributed by atoms with van der Waals surface area (Å²) < 4.78 is 0. The van der Waals surface area contributed by atoms with Crippen molar-refractivity contribution in [3.8, 4) is 0 Å². The number of hydrogen-bond acceptors (Lipinski definition) is 4. The number of amides is 1. The number of piperidine rings is 1. The fourth-order valence-electron chi connectivity index (χ4n) is 3.37. The van der Waals surface area contributed by atoms with Crippen LogP contribution in [0.3, 0.4) is 0 Å². The first-order chi connectivity index (χ1) is 12.2. The fraction of sp³-hybridized carbons (Fsp3) is 0.450. The molecule has 1 aromatic heterocycles. The number of carbonyl (C=O) groups is 1. The summed E-state index contributed by atoms with van der Waals surface area (Å²) in [7, 11) is 0. The van der Waals surface area contributed by atoms with Crippen LogP contribution in [0.5, 0.6) is 0 Å². The second-order valence-corrected chi connectivity index (χ2v) is 6.52. The number of benzene rings is 1. The van der Waals surface area contributed by atoms with Gasteiger partial charge in [-0.25, -0.2) is 9.97 Å². The molecule has 132 valence electrons. The lowest BCUT2D eigenvalue weighted by molar-refractivity contribution is 0.102. The normalized spacial score (nSPS) is 17.4. The molecule has 1 fully saturated rings. The van der Waals surface area contributed by atoms with Crippen molar-refractivity contribution in [3.63, 3.8) is 0 Å². The van der Waals surface area contributed by atoms with E-state index in [9.17, 15) is 4.79 Å². The summed E-state index contributed by atoms with van der Waals surface area (Å²) in [4.78, 5) is 23.4. The molecule has 5 heteroatoms. The highest BCUT2D eigenvalue weighted by atomic mass is 16.1. The maximum atomic E-state index is 12.5. The van der Waals surface area contributed by atoms with Crippen LogP contribution in [-0.4, -0.2) is 28.5 Å². The minimum Gasteiger partial charge on any atom is -0.354 e. The van der Waals surface area contributed by atoms with Crippen LogP contribution in [0.2, 0.25) is 0 Å². The Morgan fingerprint density at radius 1 is 1.20 bits per heavy atom. The Balaban J connectivity index is 1.74. The Labute approximate surface area is 149 Å². The van der Waals surface area contributed by atoms with E-state index in [-0.39, 0.29) is 5.91 Å². The minimum absolute atomic E-state index is 0.196. The van der Waals surface area contributed by atoms with Crippen molar-refractivity contribution in [1.82, 2.24) is 9.97 Å². The molecule has 0 spiro atoms. The van der Waals surface area contributed by atoms with Gasteiger partial charge in [-0.3, -0.25) is 4.79 Å². The highest BCUT2D eigenvalue weighted by Gasteiger charge is 2.23. The van der Waals surface area contributed by atoms with Crippen LogP contribution < -0.4 is 10.2 Å². The van der Waals surface area contributed by atoms with Crippen molar-refractivity contribution in [2.75, 3.05) is 16.8 Å². The Morgan fingerprint density at radius 3 is 2.72 bits per heavy atom. The van der Waals surface area contributed by atoms with Crippen LogP contribution in [0.4, 0.5) is 11.5 Å². The smallest absolute Gasteiger partial charge is 0.274 e. The van der Waals surface area contributed by atoms with Gasteiger partial charge in [0.05, 0.1) is 0 Å². The summed E-state index contributed by atoms with van der Waals surface area (Å²) in [5.41, 5.74) is 2.44. The first-order valence-electron chi connectivity index (χ1n) is 9.20. The van der Waals surface area contributed by atoms with Gasteiger partial charge in [-0.15, -0.1) is 0 Å². The number of carbonyl (C=O) groups excluding carboxylic acids is 1. The second-order valence-electron chi connectivity index (χ2n) is 6.52. The van der Waals surface area contributed by atoms with Crippen molar-refractivity contribution in [2.45, 2.75) is 52.0 Å². The molecule has 2 heterocycles. The number of aryl methyl sites for hydroxylation is 1. The Morgan fingerprint density at radius 2 is 2.00 bits per heavy atom. The summed E-state index contributed by atoms with van der Waals surface area (Å²) >= 11 is 0. The number of nitrogens with zero attached hydrogens (tertiary/aromatic N) is 3. The third-order valence-corrected chi connectivity index (χ3v) is 4.90. The predicted molar refractivity (Wildman–Crippen MR) is 101 cm³/mol. The summed E-state index contributed by atoms with van der Waals surface area (Å²) in [5, 5.41) is 2.92. The zero-order valence-electron chi connectivity index (χ0n) is 15.0. The zero-order chi connectivity index (χ0) is 17.6. The Hall–Kier alpha value is -2.43. The van der Waals surface area contributed by atoms with E-state index in [1.54, 1.807) is 0 Å². The lowest BCUT2D eigenvalue weighted by Gasteiger charge is -2.36. The van der Waals surface area contributed by atoms with Gasteiger partial charge in [0.15, 0.2) is 0 Å². The minimum atomic E-state index is -0.196. The molecule has 2 aromatic rings. The van der Waals surface area contributed by atoms with Crippen LogP contribution in [0, 0.1) is 0 Å². The third-order valence-electron chi connectivity index (χ3n) is 4.90. The van der Waals surface area contributed by atoms with Gasteiger partial charge in [-0.05, 0) is 49.8 Å². The largest absolute Gasteiger partial charge is 0.354 e. The van der Waals surface area contributed by atoms with E-state index in [4.69, 9.17) is 0 Å². The zero-order valence-corrected chi connectivity index (χ0v) is 15.0. The first-order valence-corrected chi connectivity index (χ1v) is 9.20. The van der Waals surface area contributed by atoms with Crippen molar-refractivity contribution in [2.24, 2.45) is 0 Å². The average Bonchev–Trinajstić information content (AvgIpc) is 2.68. The molecule has 1 aliphatic heterocycles. The maximum absolute atomic E-state index is 12.5. The van der Waals surface area contributed by atoms with Crippen molar-refractivity contribution in [3.05, 3.63) is 47.9 Å².